The Bertz CT molecular complexity index is 351. The van der Waals surface area contributed by atoms with Crippen LogP contribution in [0, 0.1) is 23.7 Å². The van der Waals surface area contributed by atoms with E-state index in [9.17, 15) is 9.90 Å². The molecule has 0 spiro atoms. The summed E-state index contributed by atoms with van der Waals surface area (Å²) < 4.78 is 0. The van der Waals surface area contributed by atoms with Crippen molar-refractivity contribution in [3.05, 3.63) is 0 Å². The molecular formula is C17H32N2O2. The van der Waals surface area contributed by atoms with E-state index in [4.69, 9.17) is 0 Å². The molecule has 0 unspecified atom stereocenters. The van der Waals surface area contributed by atoms with E-state index in [0.29, 0.717) is 12.5 Å². The average Bonchev–Trinajstić information content (AvgIpc) is 2.33. The summed E-state index contributed by atoms with van der Waals surface area (Å²) in [4.78, 5) is 16.1. The Morgan fingerprint density at radius 3 is 2.38 bits per heavy atom. The Morgan fingerprint density at radius 1 is 1.19 bits per heavy atom. The number of carboxylic acids is 1. The third-order valence-electron chi connectivity index (χ3n) is 5.19. The van der Waals surface area contributed by atoms with Crippen molar-refractivity contribution in [1.29, 1.82) is 0 Å². The Kier molecular flexibility index (Phi) is 5.67. The minimum atomic E-state index is -0.658. The molecule has 1 saturated carbocycles. The lowest BCUT2D eigenvalue weighted by Gasteiger charge is -2.45. The minimum absolute atomic E-state index is 0.317. The first-order chi connectivity index (χ1) is 9.86. The lowest BCUT2D eigenvalue weighted by Crippen LogP contribution is -2.58. The largest absolute Gasteiger partial charge is 0.480 e. The molecular weight excluding hydrogens is 264 g/mol. The number of hydrogen-bond donors (Lipinski definition) is 1. The molecule has 1 atom stereocenters. The van der Waals surface area contributed by atoms with Crippen LogP contribution in [0.3, 0.4) is 0 Å². The normalized spacial score (nSPS) is 31.6. The van der Waals surface area contributed by atoms with Crippen molar-refractivity contribution in [3.8, 4) is 0 Å². The highest BCUT2D eigenvalue weighted by molar-refractivity contribution is 5.74. The maximum atomic E-state index is 11.5. The van der Waals surface area contributed by atoms with E-state index in [2.05, 4.69) is 37.5 Å². The molecule has 1 saturated heterocycles. The maximum absolute atomic E-state index is 11.5. The maximum Gasteiger partial charge on any atom is 0.322 e. The van der Waals surface area contributed by atoms with Gasteiger partial charge in [-0.25, -0.2) is 0 Å². The molecule has 1 N–H and O–H groups in total. The fourth-order valence-corrected chi connectivity index (χ4v) is 3.81. The van der Waals surface area contributed by atoms with E-state index in [1.165, 1.54) is 12.8 Å². The van der Waals surface area contributed by atoms with Gasteiger partial charge in [-0.05, 0) is 36.5 Å². The number of aliphatic carboxylic acids is 1. The number of carboxylic acid groups (broad SMARTS) is 1. The zero-order valence-electron chi connectivity index (χ0n) is 14.1. The lowest BCUT2D eigenvalue weighted by atomic mass is 9.69. The van der Waals surface area contributed by atoms with Crippen LogP contribution in [-0.2, 0) is 4.79 Å². The standard InChI is InChI=1S/C17H32N2O2/c1-12(2)9-19-6-5-18(11-16(19)17(20)21)10-14-7-15(8-14)13(3)4/h12-16H,5-11H2,1-4H3,(H,20,21)/t14?,15?,16-/m1/s1. The Balaban J connectivity index is 1.81. The molecule has 122 valence electrons. The first-order valence-corrected chi connectivity index (χ1v) is 8.56. The zero-order valence-corrected chi connectivity index (χ0v) is 14.1. The van der Waals surface area contributed by atoms with Gasteiger partial charge in [0.05, 0.1) is 0 Å². The summed E-state index contributed by atoms with van der Waals surface area (Å²) in [5, 5.41) is 9.49. The molecule has 1 heterocycles. The molecule has 0 aromatic rings. The second kappa shape index (κ2) is 7.10. The van der Waals surface area contributed by atoms with E-state index in [1.807, 2.05) is 0 Å². The van der Waals surface area contributed by atoms with Crippen molar-refractivity contribution in [2.75, 3.05) is 32.7 Å². The molecule has 2 rings (SSSR count). The summed E-state index contributed by atoms with van der Waals surface area (Å²) in [6.45, 7) is 13.6. The van der Waals surface area contributed by atoms with Crippen molar-refractivity contribution in [3.63, 3.8) is 0 Å². The predicted octanol–water partition coefficient (Wildman–Crippen LogP) is 2.40. The topological polar surface area (TPSA) is 43.8 Å². The van der Waals surface area contributed by atoms with Gasteiger partial charge in [0.1, 0.15) is 6.04 Å². The Morgan fingerprint density at radius 2 is 1.86 bits per heavy atom. The molecule has 2 fully saturated rings. The van der Waals surface area contributed by atoms with Crippen LogP contribution >= 0.6 is 0 Å². The van der Waals surface area contributed by atoms with Crippen molar-refractivity contribution < 1.29 is 9.90 Å². The fourth-order valence-electron chi connectivity index (χ4n) is 3.81. The van der Waals surface area contributed by atoms with Gasteiger partial charge in [0.25, 0.3) is 0 Å². The summed E-state index contributed by atoms with van der Waals surface area (Å²) in [6.07, 6.45) is 2.67. The molecule has 1 aliphatic heterocycles. The molecule has 0 amide bonds. The Hall–Kier alpha value is -0.610. The van der Waals surface area contributed by atoms with E-state index >= 15 is 0 Å². The monoisotopic (exact) mass is 296 g/mol. The van der Waals surface area contributed by atoms with Gasteiger partial charge >= 0.3 is 5.97 Å². The summed E-state index contributed by atoms with van der Waals surface area (Å²) in [7, 11) is 0. The summed E-state index contributed by atoms with van der Waals surface area (Å²) in [5.41, 5.74) is 0. The van der Waals surface area contributed by atoms with Crippen LogP contribution in [0.4, 0.5) is 0 Å². The van der Waals surface area contributed by atoms with Gasteiger partial charge in [0, 0.05) is 32.7 Å². The van der Waals surface area contributed by atoms with Crippen LogP contribution in [0.15, 0.2) is 0 Å². The number of rotatable bonds is 6. The third-order valence-corrected chi connectivity index (χ3v) is 5.19. The van der Waals surface area contributed by atoms with Crippen molar-refractivity contribution >= 4 is 5.97 Å². The van der Waals surface area contributed by atoms with Crippen LogP contribution in [0.5, 0.6) is 0 Å². The fraction of sp³-hybridized carbons (Fsp3) is 0.941. The number of piperazine rings is 1. The quantitative estimate of drug-likeness (QED) is 0.817. The van der Waals surface area contributed by atoms with Crippen LogP contribution in [0.25, 0.3) is 0 Å². The minimum Gasteiger partial charge on any atom is -0.480 e. The lowest BCUT2D eigenvalue weighted by molar-refractivity contribution is -0.146. The SMILES string of the molecule is CC(C)CN1CCN(CC2CC(C(C)C)C2)C[C@@H]1C(=O)O. The van der Waals surface area contributed by atoms with Crippen molar-refractivity contribution in [2.24, 2.45) is 23.7 Å². The molecule has 4 heteroatoms. The second-order valence-corrected chi connectivity index (χ2v) is 7.84. The molecule has 0 radical (unpaired) electrons. The zero-order chi connectivity index (χ0) is 15.6. The number of hydrogen-bond acceptors (Lipinski definition) is 3. The van der Waals surface area contributed by atoms with E-state index in [-0.39, 0.29) is 6.04 Å². The second-order valence-electron chi connectivity index (χ2n) is 7.84. The van der Waals surface area contributed by atoms with Crippen molar-refractivity contribution in [1.82, 2.24) is 9.80 Å². The van der Waals surface area contributed by atoms with Gasteiger partial charge < -0.3 is 5.11 Å². The van der Waals surface area contributed by atoms with Crippen LogP contribution in [-0.4, -0.2) is 59.6 Å². The molecule has 0 aromatic heterocycles. The highest BCUT2D eigenvalue weighted by Gasteiger charge is 2.36. The van der Waals surface area contributed by atoms with Gasteiger partial charge in [-0.1, -0.05) is 27.7 Å². The molecule has 2 aliphatic rings. The van der Waals surface area contributed by atoms with Crippen molar-refractivity contribution in [2.45, 2.75) is 46.6 Å². The molecule has 21 heavy (non-hydrogen) atoms. The molecule has 0 aromatic carbocycles. The van der Waals surface area contributed by atoms with Gasteiger partial charge in [-0.2, -0.15) is 0 Å². The number of carbonyl (C=O) groups is 1. The van der Waals surface area contributed by atoms with Crippen LogP contribution in [0.1, 0.15) is 40.5 Å². The highest BCUT2D eigenvalue weighted by atomic mass is 16.4. The van der Waals surface area contributed by atoms with Gasteiger partial charge in [0.2, 0.25) is 0 Å². The average molecular weight is 296 g/mol. The summed E-state index contributed by atoms with van der Waals surface area (Å²) in [5.74, 6) is 2.36. The van der Waals surface area contributed by atoms with E-state index in [1.54, 1.807) is 0 Å². The summed E-state index contributed by atoms with van der Waals surface area (Å²) >= 11 is 0. The van der Waals surface area contributed by atoms with Crippen LogP contribution < -0.4 is 0 Å². The highest BCUT2D eigenvalue weighted by Crippen LogP contribution is 2.39. The predicted molar refractivity (Wildman–Crippen MR) is 85.3 cm³/mol. The van der Waals surface area contributed by atoms with E-state index in [0.717, 1.165) is 43.9 Å². The van der Waals surface area contributed by atoms with E-state index < -0.39 is 5.97 Å². The molecule has 0 bridgehead atoms. The summed E-state index contributed by atoms with van der Waals surface area (Å²) in [6, 6.07) is -0.317. The number of nitrogens with zero attached hydrogens (tertiary/aromatic N) is 2. The third kappa shape index (κ3) is 4.43. The first-order valence-electron chi connectivity index (χ1n) is 8.56. The smallest absolute Gasteiger partial charge is 0.322 e. The van der Waals surface area contributed by atoms with Crippen LogP contribution in [0.2, 0.25) is 0 Å². The first kappa shape index (κ1) is 16.8. The molecule has 1 aliphatic carbocycles. The Labute approximate surface area is 129 Å². The van der Waals surface area contributed by atoms with Gasteiger partial charge in [-0.15, -0.1) is 0 Å². The molecule has 4 nitrogen and oxygen atoms in total. The van der Waals surface area contributed by atoms with Gasteiger partial charge in [0.15, 0.2) is 0 Å². The van der Waals surface area contributed by atoms with Gasteiger partial charge in [-0.3, -0.25) is 14.6 Å².